The summed E-state index contributed by atoms with van der Waals surface area (Å²) in [6.07, 6.45) is 6.03. The van der Waals surface area contributed by atoms with Crippen molar-refractivity contribution in [2.24, 2.45) is 0 Å². The lowest BCUT2D eigenvalue weighted by Gasteiger charge is -2.34. The molecule has 4 aromatic heterocycles. The Bertz CT molecular complexity index is 3310. The minimum Gasteiger partial charge on any atom is -0.290 e. The fourth-order valence-corrected chi connectivity index (χ4v) is 10.4. The minimum atomic E-state index is -0.509. The maximum absolute atomic E-state index is 4.99. The van der Waals surface area contributed by atoms with Crippen LogP contribution in [-0.4, -0.2) is 14.4 Å². The molecule has 11 aromatic rings. The van der Waals surface area contributed by atoms with Crippen LogP contribution in [0.1, 0.15) is 22.3 Å². The zero-order valence-corrected chi connectivity index (χ0v) is 31.6. The molecule has 4 heteroatoms. The Labute approximate surface area is 333 Å². The fourth-order valence-electron chi connectivity index (χ4n) is 9.31. The third-order valence-corrected chi connectivity index (χ3v) is 13.1. The summed E-state index contributed by atoms with van der Waals surface area (Å²) in [4.78, 5) is 10.6. The second kappa shape index (κ2) is 12.4. The molecule has 7 aromatic carbocycles. The molecule has 0 spiro atoms. The summed E-state index contributed by atoms with van der Waals surface area (Å²) in [5, 5.41) is 3.65. The van der Waals surface area contributed by atoms with Gasteiger partial charge in [-0.2, -0.15) is 0 Å². The highest BCUT2D eigenvalue weighted by molar-refractivity contribution is 7.25. The zero-order valence-electron chi connectivity index (χ0n) is 30.8. The Hall–Kier alpha value is -7.14. The highest BCUT2D eigenvalue weighted by Crippen LogP contribution is 2.57. The van der Waals surface area contributed by atoms with Gasteiger partial charge in [0.2, 0.25) is 0 Å². The van der Waals surface area contributed by atoms with E-state index in [0.717, 1.165) is 16.7 Å². The number of fused-ring (bicyclic) bond motifs is 9. The third kappa shape index (κ3) is 4.84. The Morgan fingerprint density at radius 3 is 1.72 bits per heavy atom. The van der Waals surface area contributed by atoms with E-state index in [0.29, 0.717) is 0 Å². The van der Waals surface area contributed by atoms with Crippen LogP contribution in [0.4, 0.5) is 0 Å². The molecular weight excluding hydrogens is 711 g/mol. The van der Waals surface area contributed by atoms with Crippen molar-refractivity contribution >= 4 is 48.2 Å². The second-order valence-electron chi connectivity index (χ2n) is 15.0. The van der Waals surface area contributed by atoms with Gasteiger partial charge < -0.3 is 0 Å². The first-order valence-corrected chi connectivity index (χ1v) is 20.2. The molecule has 0 unspecified atom stereocenters. The second-order valence-corrected chi connectivity index (χ2v) is 16.1. The van der Waals surface area contributed by atoms with Crippen LogP contribution in [-0.2, 0) is 5.41 Å². The Balaban J connectivity index is 0.984. The number of thiophene rings is 1. The predicted molar refractivity (Wildman–Crippen MR) is 237 cm³/mol. The van der Waals surface area contributed by atoms with Gasteiger partial charge in [-0.25, -0.2) is 4.98 Å². The molecule has 0 saturated heterocycles. The predicted octanol–water partition coefficient (Wildman–Crippen LogP) is 13.6. The van der Waals surface area contributed by atoms with Crippen LogP contribution in [0.3, 0.4) is 0 Å². The van der Waals surface area contributed by atoms with Gasteiger partial charge in [0.15, 0.2) is 0 Å². The molecule has 1 aliphatic carbocycles. The van der Waals surface area contributed by atoms with Crippen molar-refractivity contribution in [3.63, 3.8) is 0 Å². The lowest BCUT2D eigenvalue weighted by molar-refractivity contribution is 0.769. The minimum absolute atomic E-state index is 0.509. The number of benzene rings is 7. The van der Waals surface area contributed by atoms with E-state index in [4.69, 9.17) is 4.98 Å². The van der Waals surface area contributed by atoms with Crippen LogP contribution in [0.2, 0.25) is 0 Å². The number of rotatable bonds is 5. The third-order valence-electron chi connectivity index (χ3n) is 12.0. The molecule has 266 valence electrons. The number of hydrogen-bond donors (Lipinski definition) is 0. The lowest BCUT2D eigenvalue weighted by atomic mass is 9.67. The van der Waals surface area contributed by atoms with Gasteiger partial charge in [0, 0.05) is 28.7 Å². The van der Waals surface area contributed by atoms with E-state index >= 15 is 0 Å². The summed E-state index contributed by atoms with van der Waals surface area (Å²) in [6, 6.07) is 66.9. The maximum Gasteiger partial charge on any atom is 0.138 e. The van der Waals surface area contributed by atoms with E-state index in [1.807, 2.05) is 18.5 Å². The van der Waals surface area contributed by atoms with Gasteiger partial charge in [-0.05, 0) is 126 Å². The van der Waals surface area contributed by atoms with Gasteiger partial charge in [0.25, 0.3) is 0 Å². The molecular formula is C53H33N3S. The van der Waals surface area contributed by atoms with Crippen LogP contribution in [0.5, 0.6) is 0 Å². The summed E-state index contributed by atoms with van der Waals surface area (Å²) in [7, 11) is 0. The molecule has 0 amide bonds. The number of hydrogen-bond acceptors (Lipinski definition) is 3. The Morgan fingerprint density at radius 2 is 1.05 bits per heavy atom. The van der Waals surface area contributed by atoms with E-state index in [2.05, 4.69) is 192 Å². The number of aromatic nitrogens is 3. The van der Waals surface area contributed by atoms with E-state index in [1.165, 1.54) is 86.9 Å². The average Bonchev–Trinajstić information content (AvgIpc) is 3.93. The van der Waals surface area contributed by atoms with Crippen LogP contribution in [0.25, 0.3) is 81.4 Å². The molecule has 0 bridgehead atoms. The van der Waals surface area contributed by atoms with E-state index in [-0.39, 0.29) is 0 Å². The summed E-state index contributed by atoms with van der Waals surface area (Å²) in [5.74, 6) is 0. The van der Waals surface area contributed by atoms with Crippen molar-refractivity contribution in [2.45, 2.75) is 5.41 Å². The topological polar surface area (TPSA) is 30.2 Å². The van der Waals surface area contributed by atoms with Gasteiger partial charge in [-0.15, -0.1) is 11.3 Å². The number of pyridine rings is 2. The van der Waals surface area contributed by atoms with Crippen molar-refractivity contribution in [3.05, 3.63) is 223 Å². The van der Waals surface area contributed by atoms with Crippen molar-refractivity contribution in [1.82, 2.24) is 14.4 Å². The quantitative estimate of drug-likeness (QED) is 0.176. The summed E-state index contributed by atoms with van der Waals surface area (Å²) in [5.41, 5.74) is 16.2. The first-order valence-electron chi connectivity index (χ1n) is 19.4. The van der Waals surface area contributed by atoms with E-state index < -0.39 is 5.41 Å². The van der Waals surface area contributed by atoms with Crippen molar-refractivity contribution in [3.8, 4) is 44.5 Å². The molecule has 1 aliphatic rings. The standard InChI is InChI=1S/C53H33N3S/c1-3-11-42(12-4-1)53(43-13-5-2-6-14-43)47-30-38(21-24-44(47)45-25-22-39(31-48(45)53)40-10-9-27-54-32-40)36-18-17-35-29-37(20-19-34(35)28-36)41-23-26-50-55-51-46-15-7-8-16-49(46)57-52(51)56(50)33-41/h1-33H. The van der Waals surface area contributed by atoms with Gasteiger partial charge >= 0.3 is 0 Å². The highest BCUT2D eigenvalue weighted by Gasteiger charge is 2.46. The Morgan fingerprint density at radius 1 is 0.474 bits per heavy atom. The zero-order chi connectivity index (χ0) is 37.5. The molecule has 12 rings (SSSR count). The number of imidazole rings is 1. The molecule has 0 saturated carbocycles. The first-order chi connectivity index (χ1) is 28.2. The summed E-state index contributed by atoms with van der Waals surface area (Å²) < 4.78 is 3.52. The van der Waals surface area contributed by atoms with Crippen molar-refractivity contribution in [2.75, 3.05) is 0 Å². The highest BCUT2D eigenvalue weighted by atomic mass is 32.1. The van der Waals surface area contributed by atoms with Crippen LogP contribution >= 0.6 is 11.3 Å². The normalized spacial score (nSPS) is 13.1. The number of nitrogens with zero attached hydrogens (tertiary/aromatic N) is 3. The SMILES string of the molecule is c1ccc(C2(c3ccccc3)c3cc(-c4cccnc4)ccc3-c3ccc(-c4ccc5cc(-c6ccc7nc8c9ccccc9sc8n7c6)ccc5c4)cc32)cc1. The molecule has 0 aliphatic heterocycles. The van der Waals surface area contributed by atoms with Gasteiger partial charge in [-0.3, -0.25) is 9.38 Å². The largest absolute Gasteiger partial charge is 0.290 e. The van der Waals surface area contributed by atoms with Crippen molar-refractivity contribution < 1.29 is 0 Å². The van der Waals surface area contributed by atoms with Crippen LogP contribution in [0, 0.1) is 0 Å². The van der Waals surface area contributed by atoms with Crippen molar-refractivity contribution in [1.29, 1.82) is 0 Å². The van der Waals surface area contributed by atoms with Crippen LogP contribution in [0.15, 0.2) is 201 Å². The maximum atomic E-state index is 4.99. The fraction of sp³-hybridized carbons (Fsp3) is 0.0189. The lowest BCUT2D eigenvalue weighted by Crippen LogP contribution is -2.28. The van der Waals surface area contributed by atoms with E-state index in [9.17, 15) is 0 Å². The molecule has 0 atom stereocenters. The molecule has 57 heavy (non-hydrogen) atoms. The molecule has 3 nitrogen and oxygen atoms in total. The van der Waals surface area contributed by atoms with Crippen LogP contribution < -0.4 is 0 Å². The molecule has 0 radical (unpaired) electrons. The van der Waals surface area contributed by atoms with E-state index in [1.54, 1.807) is 11.3 Å². The van der Waals surface area contributed by atoms with Gasteiger partial charge in [0.1, 0.15) is 16.0 Å². The smallest absolute Gasteiger partial charge is 0.138 e. The average molecular weight is 744 g/mol. The molecule has 0 fully saturated rings. The summed E-state index contributed by atoms with van der Waals surface area (Å²) in [6.45, 7) is 0. The Kier molecular flexibility index (Phi) is 7.01. The monoisotopic (exact) mass is 743 g/mol. The molecule has 4 heterocycles. The van der Waals surface area contributed by atoms with Gasteiger partial charge in [0.05, 0.1) is 5.41 Å². The molecule has 0 N–H and O–H groups in total. The first kappa shape index (κ1) is 32.1. The van der Waals surface area contributed by atoms with Gasteiger partial charge in [-0.1, -0.05) is 133 Å². The summed E-state index contributed by atoms with van der Waals surface area (Å²) >= 11 is 1.80.